The molecule has 0 saturated heterocycles. The Morgan fingerprint density at radius 2 is 1.77 bits per heavy atom. The van der Waals surface area contributed by atoms with Crippen LogP contribution in [-0.4, -0.2) is 43.2 Å². The van der Waals surface area contributed by atoms with E-state index < -0.39 is 5.91 Å². The first-order chi connectivity index (χ1) is 14.5. The zero-order valence-corrected chi connectivity index (χ0v) is 17.1. The summed E-state index contributed by atoms with van der Waals surface area (Å²) in [5.41, 5.74) is 2.90. The highest BCUT2D eigenvalue weighted by molar-refractivity contribution is 6.05. The Kier molecular flexibility index (Phi) is 6.31. The lowest BCUT2D eigenvalue weighted by atomic mass is 10.1. The van der Waals surface area contributed by atoms with Gasteiger partial charge in [0.05, 0.1) is 32.9 Å². The summed E-state index contributed by atoms with van der Waals surface area (Å²) in [6.07, 6.45) is 1.43. The van der Waals surface area contributed by atoms with Crippen molar-refractivity contribution in [2.75, 3.05) is 21.3 Å². The second-order valence-corrected chi connectivity index (χ2v) is 6.14. The van der Waals surface area contributed by atoms with E-state index in [0.29, 0.717) is 40.1 Å². The van der Waals surface area contributed by atoms with Gasteiger partial charge in [0.25, 0.3) is 11.5 Å². The number of benzene rings is 2. The first-order valence-corrected chi connectivity index (χ1v) is 9.17. The van der Waals surface area contributed by atoms with Crippen LogP contribution in [0.3, 0.4) is 0 Å². The van der Waals surface area contributed by atoms with Crippen LogP contribution in [0.2, 0.25) is 0 Å². The van der Waals surface area contributed by atoms with Gasteiger partial charge in [0.1, 0.15) is 0 Å². The molecule has 0 aliphatic rings. The van der Waals surface area contributed by atoms with Crippen molar-refractivity contribution in [2.24, 2.45) is 5.10 Å². The summed E-state index contributed by atoms with van der Waals surface area (Å²) >= 11 is 0. The van der Waals surface area contributed by atoms with E-state index in [0.717, 1.165) is 0 Å². The summed E-state index contributed by atoms with van der Waals surface area (Å²) in [4.78, 5) is 25.1. The van der Waals surface area contributed by atoms with Crippen LogP contribution in [0.15, 0.2) is 46.3 Å². The normalized spacial score (nSPS) is 10.9. The molecule has 0 spiro atoms. The van der Waals surface area contributed by atoms with Crippen molar-refractivity contribution in [3.8, 4) is 17.2 Å². The van der Waals surface area contributed by atoms with Crippen LogP contribution in [0.4, 0.5) is 0 Å². The van der Waals surface area contributed by atoms with Gasteiger partial charge in [-0.3, -0.25) is 9.59 Å². The molecule has 0 unspecified atom stereocenters. The molecule has 0 fully saturated rings. The number of hydrogen-bond donors (Lipinski definition) is 1. The zero-order chi connectivity index (χ0) is 21.7. The molecule has 156 valence electrons. The zero-order valence-electron chi connectivity index (χ0n) is 17.1. The van der Waals surface area contributed by atoms with Crippen LogP contribution in [0, 0.1) is 0 Å². The lowest BCUT2D eigenvalue weighted by molar-refractivity contribution is 0.0949. The van der Waals surface area contributed by atoms with Crippen molar-refractivity contribution in [2.45, 2.75) is 13.5 Å². The maximum atomic E-state index is 12.7. The van der Waals surface area contributed by atoms with Crippen LogP contribution >= 0.6 is 0 Å². The van der Waals surface area contributed by atoms with Crippen molar-refractivity contribution in [3.05, 3.63) is 58.0 Å². The number of rotatable bonds is 7. The number of ether oxygens (including phenoxy) is 3. The van der Waals surface area contributed by atoms with Gasteiger partial charge >= 0.3 is 0 Å². The monoisotopic (exact) mass is 410 g/mol. The van der Waals surface area contributed by atoms with Crippen LogP contribution in [0.25, 0.3) is 10.8 Å². The molecule has 0 saturated carbocycles. The van der Waals surface area contributed by atoms with Crippen molar-refractivity contribution in [3.63, 3.8) is 0 Å². The number of hydrogen-bond acceptors (Lipinski definition) is 7. The molecule has 0 aliphatic heterocycles. The molecule has 1 aromatic heterocycles. The minimum Gasteiger partial charge on any atom is -0.493 e. The smallest absolute Gasteiger partial charge is 0.292 e. The number of carbonyl (C=O) groups excluding carboxylic acids is 1. The fraction of sp³-hybridized carbons (Fsp3) is 0.238. The molecule has 0 aliphatic carbocycles. The van der Waals surface area contributed by atoms with Gasteiger partial charge in [0.15, 0.2) is 17.2 Å². The number of amides is 1. The molecule has 9 nitrogen and oxygen atoms in total. The highest BCUT2D eigenvalue weighted by Gasteiger charge is 2.17. The molecule has 30 heavy (non-hydrogen) atoms. The average Bonchev–Trinajstić information content (AvgIpc) is 2.78. The van der Waals surface area contributed by atoms with Gasteiger partial charge in [0.2, 0.25) is 5.75 Å². The van der Waals surface area contributed by atoms with Crippen LogP contribution < -0.4 is 25.2 Å². The Bertz CT molecular complexity index is 1170. The van der Waals surface area contributed by atoms with Crippen molar-refractivity contribution in [1.29, 1.82) is 0 Å². The molecule has 0 bridgehead atoms. The maximum Gasteiger partial charge on any atom is 0.292 e. The number of aromatic nitrogens is 2. The van der Waals surface area contributed by atoms with E-state index in [-0.39, 0.29) is 11.3 Å². The predicted molar refractivity (Wildman–Crippen MR) is 113 cm³/mol. The van der Waals surface area contributed by atoms with E-state index in [1.165, 1.54) is 32.2 Å². The molecular formula is C21H22N4O5. The number of methoxy groups -OCH3 is 3. The second-order valence-electron chi connectivity index (χ2n) is 6.14. The molecule has 2 aromatic carbocycles. The van der Waals surface area contributed by atoms with Gasteiger partial charge in [0, 0.05) is 17.5 Å². The van der Waals surface area contributed by atoms with Gasteiger partial charge in [-0.05, 0) is 25.1 Å². The first-order valence-electron chi connectivity index (χ1n) is 9.17. The number of aryl methyl sites for hydroxylation is 1. The first kappa shape index (κ1) is 20.8. The highest BCUT2D eigenvalue weighted by atomic mass is 16.5. The molecule has 3 aromatic rings. The van der Waals surface area contributed by atoms with Crippen molar-refractivity contribution in [1.82, 2.24) is 15.2 Å². The topological polar surface area (TPSA) is 104 Å². The Morgan fingerprint density at radius 1 is 1.07 bits per heavy atom. The third-order valence-electron chi connectivity index (χ3n) is 4.49. The summed E-state index contributed by atoms with van der Waals surface area (Å²) < 4.78 is 17.2. The number of hydrazone groups is 1. The summed E-state index contributed by atoms with van der Waals surface area (Å²) in [6, 6.07) is 10.3. The van der Waals surface area contributed by atoms with E-state index in [4.69, 9.17) is 14.2 Å². The SMILES string of the molecule is CCn1nc(C(=O)N/N=C/c2ccc(OC)c(OC)c2OC)c2ccccc2c1=O. The van der Waals surface area contributed by atoms with Gasteiger partial charge in [-0.15, -0.1) is 0 Å². The molecular weight excluding hydrogens is 388 g/mol. The fourth-order valence-electron chi connectivity index (χ4n) is 3.06. The minimum atomic E-state index is -0.538. The fourth-order valence-corrected chi connectivity index (χ4v) is 3.06. The third-order valence-corrected chi connectivity index (χ3v) is 4.49. The van der Waals surface area contributed by atoms with Gasteiger partial charge in [-0.1, -0.05) is 18.2 Å². The quantitative estimate of drug-likeness (QED) is 0.473. The van der Waals surface area contributed by atoms with Gasteiger partial charge in [-0.2, -0.15) is 10.2 Å². The summed E-state index contributed by atoms with van der Waals surface area (Å²) in [7, 11) is 4.53. The van der Waals surface area contributed by atoms with E-state index in [1.54, 1.807) is 43.3 Å². The van der Waals surface area contributed by atoms with E-state index in [2.05, 4.69) is 15.6 Å². The average molecular weight is 410 g/mol. The Hall–Kier alpha value is -3.88. The van der Waals surface area contributed by atoms with Gasteiger partial charge < -0.3 is 14.2 Å². The van der Waals surface area contributed by atoms with Gasteiger partial charge in [-0.25, -0.2) is 10.1 Å². The molecule has 0 atom stereocenters. The van der Waals surface area contributed by atoms with Crippen LogP contribution in [0.1, 0.15) is 23.0 Å². The Balaban J connectivity index is 1.93. The summed E-state index contributed by atoms with van der Waals surface area (Å²) in [5.74, 6) is 0.799. The third kappa shape index (κ3) is 3.82. The summed E-state index contributed by atoms with van der Waals surface area (Å²) in [6.45, 7) is 2.13. The molecule has 1 N–H and O–H groups in total. The minimum absolute atomic E-state index is 0.114. The number of fused-ring (bicyclic) bond motifs is 1. The second kappa shape index (κ2) is 9.08. The molecule has 3 rings (SSSR count). The van der Waals surface area contributed by atoms with E-state index >= 15 is 0 Å². The Morgan fingerprint density at radius 3 is 2.40 bits per heavy atom. The van der Waals surface area contributed by atoms with Crippen molar-refractivity contribution >= 4 is 22.9 Å². The molecule has 0 radical (unpaired) electrons. The van der Waals surface area contributed by atoms with Crippen LogP contribution in [0.5, 0.6) is 17.2 Å². The largest absolute Gasteiger partial charge is 0.493 e. The molecule has 1 heterocycles. The number of nitrogens with zero attached hydrogens (tertiary/aromatic N) is 3. The molecule has 1 amide bonds. The van der Waals surface area contributed by atoms with E-state index in [9.17, 15) is 9.59 Å². The Labute approximate surface area is 172 Å². The molecule has 9 heteroatoms. The number of nitrogens with one attached hydrogen (secondary N) is 1. The predicted octanol–water partition coefficient (Wildman–Crippen LogP) is 2.21. The van der Waals surface area contributed by atoms with Crippen LogP contribution in [-0.2, 0) is 6.54 Å². The highest BCUT2D eigenvalue weighted by Crippen LogP contribution is 2.38. The lowest BCUT2D eigenvalue weighted by Crippen LogP contribution is -2.28. The standard InChI is InChI=1S/C21H22N4O5/c1-5-25-21(27)15-9-7-6-8-14(15)17(24-25)20(26)23-22-12-13-10-11-16(28-2)19(30-4)18(13)29-3/h6-12H,5H2,1-4H3,(H,23,26)/b22-12+. The lowest BCUT2D eigenvalue weighted by Gasteiger charge is -2.13. The van der Waals surface area contributed by atoms with Crippen molar-refractivity contribution < 1.29 is 19.0 Å². The maximum absolute atomic E-state index is 12.7. The van der Waals surface area contributed by atoms with E-state index in [1.807, 2.05) is 0 Å². The summed E-state index contributed by atoms with van der Waals surface area (Å²) in [5, 5.41) is 9.08. The number of carbonyl (C=O) groups is 1.